The van der Waals surface area contributed by atoms with E-state index in [1.54, 1.807) is 32.3 Å². The largest absolute Gasteiger partial charge is 0.492 e. The average Bonchev–Trinajstić information content (AvgIpc) is 2.49. The summed E-state index contributed by atoms with van der Waals surface area (Å²) in [7, 11) is 0. The molecule has 1 heterocycles. The minimum atomic E-state index is -4.39. The maximum absolute atomic E-state index is 12.8. The third-order valence-electron chi connectivity index (χ3n) is 3.30. The lowest BCUT2D eigenvalue weighted by atomic mass is 10.1. The van der Waals surface area contributed by atoms with E-state index >= 15 is 0 Å². The summed E-state index contributed by atoms with van der Waals surface area (Å²) in [6.07, 6.45) is -1.23. The topological polar surface area (TPSA) is 34.5 Å². The lowest BCUT2D eigenvalue weighted by Crippen LogP contribution is -2.05. The first-order chi connectivity index (χ1) is 10.8. The third kappa shape index (κ3) is 4.09. The number of aromatic nitrogens is 1. The summed E-state index contributed by atoms with van der Waals surface area (Å²) in [5, 5.41) is 0. The van der Waals surface area contributed by atoms with Gasteiger partial charge in [-0.05, 0) is 44.5 Å². The molecule has 6 heteroatoms. The van der Waals surface area contributed by atoms with Gasteiger partial charge < -0.3 is 4.74 Å². The molecular weight excluding hydrogens is 305 g/mol. The van der Waals surface area contributed by atoms with Crippen LogP contribution in [0.3, 0.4) is 0 Å². The van der Waals surface area contributed by atoms with Crippen molar-refractivity contribution in [1.82, 2.24) is 4.98 Å². The first kappa shape index (κ1) is 17.0. The van der Waals surface area contributed by atoms with Crippen molar-refractivity contribution < 1.29 is 17.9 Å². The maximum atomic E-state index is 12.8. The van der Waals surface area contributed by atoms with Gasteiger partial charge in [-0.3, -0.25) is 9.98 Å². The van der Waals surface area contributed by atoms with Crippen molar-refractivity contribution in [2.45, 2.75) is 26.9 Å². The molecule has 0 saturated heterocycles. The van der Waals surface area contributed by atoms with Gasteiger partial charge in [0.2, 0.25) is 0 Å². The second kappa shape index (κ2) is 6.81. The molecule has 0 amide bonds. The molecule has 2 rings (SSSR count). The summed E-state index contributed by atoms with van der Waals surface area (Å²) in [5.74, 6) is 0.556. The summed E-state index contributed by atoms with van der Waals surface area (Å²) in [6.45, 7) is 5.77. The van der Waals surface area contributed by atoms with Gasteiger partial charge in [-0.15, -0.1) is 0 Å². The molecular formula is C17H17F3N2O. The monoisotopic (exact) mass is 322 g/mol. The smallest absolute Gasteiger partial charge is 0.416 e. The van der Waals surface area contributed by atoms with E-state index in [0.717, 1.165) is 12.1 Å². The zero-order valence-electron chi connectivity index (χ0n) is 13.1. The Kier molecular flexibility index (Phi) is 5.03. The second-order valence-corrected chi connectivity index (χ2v) is 5.00. The van der Waals surface area contributed by atoms with Gasteiger partial charge in [-0.2, -0.15) is 13.2 Å². The molecule has 0 aliphatic carbocycles. The van der Waals surface area contributed by atoms with Gasteiger partial charge in [0.1, 0.15) is 5.75 Å². The van der Waals surface area contributed by atoms with Crippen molar-refractivity contribution in [2.75, 3.05) is 6.61 Å². The Balaban J connectivity index is 2.46. The molecule has 122 valence electrons. The number of benzene rings is 1. The number of rotatable bonds is 4. The predicted molar refractivity (Wildman–Crippen MR) is 83.5 cm³/mol. The van der Waals surface area contributed by atoms with Crippen LogP contribution in [0.4, 0.5) is 18.9 Å². The fourth-order valence-corrected chi connectivity index (χ4v) is 2.10. The van der Waals surface area contributed by atoms with Crippen LogP contribution in [0, 0.1) is 6.92 Å². The fraction of sp³-hybridized carbons (Fsp3) is 0.294. The van der Waals surface area contributed by atoms with Gasteiger partial charge in [-0.25, -0.2) is 0 Å². The van der Waals surface area contributed by atoms with Crippen LogP contribution in [-0.4, -0.2) is 17.3 Å². The lowest BCUT2D eigenvalue weighted by molar-refractivity contribution is -0.137. The van der Waals surface area contributed by atoms with E-state index in [-0.39, 0.29) is 5.69 Å². The standard InChI is InChI=1S/C17H17F3N2O/c1-4-23-16-10-21-8-7-14(16)12(3)22-15-9-13(17(18,19)20)6-5-11(15)2/h5-10H,4H2,1-3H3. The van der Waals surface area contributed by atoms with Gasteiger partial charge in [0, 0.05) is 17.5 Å². The summed E-state index contributed by atoms with van der Waals surface area (Å²) < 4.78 is 44.0. The van der Waals surface area contributed by atoms with Crippen molar-refractivity contribution in [3.8, 4) is 5.75 Å². The highest BCUT2D eigenvalue weighted by Crippen LogP contribution is 2.33. The molecule has 0 fully saturated rings. The molecule has 0 saturated carbocycles. The number of ether oxygens (including phenoxy) is 1. The van der Waals surface area contributed by atoms with Gasteiger partial charge in [0.15, 0.2) is 0 Å². The zero-order chi connectivity index (χ0) is 17.0. The highest BCUT2D eigenvalue weighted by Gasteiger charge is 2.30. The van der Waals surface area contributed by atoms with Crippen molar-refractivity contribution in [2.24, 2.45) is 4.99 Å². The molecule has 0 atom stereocenters. The van der Waals surface area contributed by atoms with Crippen LogP contribution in [0.25, 0.3) is 0 Å². The van der Waals surface area contributed by atoms with E-state index in [1.165, 1.54) is 6.07 Å². The normalized spacial score (nSPS) is 12.3. The highest BCUT2D eigenvalue weighted by molar-refractivity contribution is 6.02. The van der Waals surface area contributed by atoms with Crippen molar-refractivity contribution in [3.05, 3.63) is 53.3 Å². The van der Waals surface area contributed by atoms with Gasteiger partial charge in [-0.1, -0.05) is 6.07 Å². The van der Waals surface area contributed by atoms with E-state index in [1.807, 2.05) is 6.92 Å². The molecule has 0 aliphatic heterocycles. The molecule has 2 aromatic rings. The molecule has 0 N–H and O–H groups in total. The zero-order valence-corrected chi connectivity index (χ0v) is 13.1. The molecule has 0 bridgehead atoms. The Morgan fingerprint density at radius 1 is 1.26 bits per heavy atom. The third-order valence-corrected chi connectivity index (χ3v) is 3.30. The van der Waals surface area contributed by atoms with E-state index < -0.39 is 11.7 Å². The highest BCUT2D eigenvalue weighted by atomic mass is 19.4. The average molecular weight is 322 g/mol. The van der Waals surface area contributed by atoms with Crippen LogP contribution in [0.1, 0.15) is 30.5 Å². The Morgan fingerprint density at radius 2 is 2.00 bits per heavy atom. The quantitative estimate of drug-likeness (QED) is 0.747. The number of halogens is 3. The van der Waals surface area contributed by atoms with Gasteiger partial charge in [0.05, 0.1) is 24.1 Å². The molecule has 0 unspecified atom stereocenters. The number of aryl methyl sites for hydroxylation is 1. The summed E-state index contributed by atoms with van der Waals surface area (Å²) in [5.41, 5.74) is 1.52. The summed E-state index contributed by atoms with van der Waals surface area (Å²) >= 11 is 0. The van der Waals surface area contributed by atoms with Gasteiger partial charge in [0.25, 0.3) is 0 Å². The minimum Gasteiger partial charge on any atom is -0.492 e. The van der Waals surface area contributed by atoms with E-state index in [4.69, 9.17) is 4.74 Å². The first-order valence-electron chi connectivity index (χ1n) is 7.13. The van der Waals surface area contributed by atoms with Gasteiger partial charge >= 0.3 is 6.18 Å². The summed E-state index contributed by atoms with van der Waals surface area (Å²) in [4.78, 5) is 8.34. The van der Waals surface area contributed by atoms with Crippen LogP contribution in [0.15, 0.2) is 41.7 Å². The Hall–Kier alpha value is -2.37. The first-order valence-corrected chi connectivity index (χ1v) is 7.13. The van der Waals surface area contributed by atoms with Crippen molar-refractivity contribution >= 4 is 11.4 Å². The Labute approximate surface area is 132 Å². The SMILES string of the molecule is CCOc1cnccc1C(C)=Nc1cc(C(F)(F)F)ccc1C. The second-order valence-electron chi connectivity index (χ2n) is 5.00. The number of hydrogen-bond acceptors (Lipinski definition) is 3. The fourth-order valence-electron chi connectivity index (χ4n) is 2.10. The van der Waals surface area contributed by atoms with Crippen LogP contribution >= 0.6 is 0 Å². The molecule has 1 aromatic heterocycles. The molecule has 23 heavy (non-hydrogen) atoms. The van der Waals surface area contributed by atoms with Crippen molar-refractivity contribution in [1.29, 1.82) is 0 Å². The Morgan fingerprint density at radius 3 is 2.65 bits per heavy atom. The molecule has 0 aliphatic rings. The number of aliphatic imine (C=N–C) groups is 1. The number of alkyl halides is 3. The summed E-state index contributed by atoms with van der Waals surface area (Å²) in [6, 6.07) is 5.26. The molecule has 0 radical (unpaired) electrons. The Bertz CT molecular complexity index is 724. The lowest BCUT2D eigenvalue weighted by Gasteiger charge is -2.11. The molecule has 0 spiro atoms. The van der Waals surface area contributed by atoms with Crippen LogP contribution in [-0.2, 0) is 6.18 Å². The van der Waals surface area contributed by atoms with Crippen LogP contribution in [0.5, 0.6) is 5.75 Å². The van der Waals surface area contributed by atoms with Crippen LogP contribution in [0.2, 0.25) is 0 Å². The van der Waals surface area contributed by atoms with E-state index in [9.17, 15) is 13.2 Å². The molecule has 3 nitrogen and oxygen atoms in total. The predicted octanol–water partition coefficient (Wildman–Crippen LogP) is 4.95. The minimum absolute atomic E-state index is 0.289. The van der Waals surface area contributed by atoms with Crippen molar-refractivity contribution in [3.63, 3.8) is 0 Å². The van der Waals surface area contributed by atoms with E-state index in [0.29, 0.717) is 29.2 Å². The number of nitrogens with zero attached hydrogens (tertiary/aromatic N) is 2. The number of hydrogen-bond donors (Lipinski definition) is 0. The number of pyridine rings is 1. The maximum Gasteiger partial charge on any atom is 0.416 e. The van der Waals surface area contributed by atoms with E-state index in [2.05, 4.69) is 9.98 Å². The van der Waals surface area contributed by atoms with Crippen LogP contribution < -0.4 is 4.74 Å². The molecule has 1 aromatic carbocycles.